The molecule has 2 aromatic rings. The molecule has 0 bridgehead atoms. The molecule has 10 heteroatoms. The van der Waals surface area contributed by atoms with Gasteiger partial charge in [-0.1, -0.05) is 58.4 Å². The van der Waals surface area contributed by atoms with Crippen molar-refractivity contribution in [3.63, 3.8) is 0 Å². The van der Waals surface area contributed by atoms with Gasteiger partial charge in [0.15, 0.2) is 0 Å². The number of carbonyl (C=O) groups excluding carboxylic acids is 3. The van der Waals surface area contributed by atoms with Crippen LogP contribution in [0.25, 0.3) is 0 Å². The first-order valence-corrected chi connectivity index (χ1v) is 14.8. The van der Waals surface area contributed by atoms with E-state index in [0.717, 1.165) is 43.0 Å². The number of unbranched alkanes of at least 4 members (excludes halogenated alkanes) is 1. The largest absolute Gasteiger partial charge is 0.390 e. The van der Waals surface area contributed by atoms with Crippen molar-refractivity contribution in [3.05, 3.63) is 70.8 Å². The van der Waals surface area contributed by atoms with E-state index in [2.05, 4.69) is 23.6 Å². The number of benzene rings is 2. The maximum atomic E-state index is 13.9. The Balaban J connectivity index is 1.70. The van der Waals surface area contributed by atoms with E-state index in [1.54, 1.807) is 4.90 Å². The Labute approximate surface area is 247 Å². The van der Waals surface area contributed by atoms with Crippen molar-refractivity contribution in [2.24, 2.45) is 5.92 Å². The van der Waals surface area contributed by atoms with Crippen molar-refractivity contribution in [2.75, 3.05) is 26.2 Å². The molecule has 2 aromatic carbocycles. The molecule has 1 aliphatic rings. The molecule has 3 N–H and O–H groups in total. The Morgan fingerprint density at radius 1 is 1.05 bits per heavy atom. The van der Waals surface area contributed by atoms with Gasteiger partial charge in [0.2, 0.25) is 17.7 Å². The molecule has 8 nitrogen and oxygen atoms in total. The fourth-order valence-corrected chi connectivity index (χ4v) is 5.34. The molecule has 3 atom stereocenters. The Morgan fingerprint density at radius 3 is 2.38 bits per heavy atom. The summed E-state index contributed by atoms with van der Waals surface area (Å²) < 4.78 is 27.8. The van der Waals surface area contributed by atoms with E-state index in [0.29, 0.717) is 13.1 Å². The van der Waals surface area contributed by atoms with Gasteiger partial charge in [-0.2, -0.15) is 0 Å². The van der Waals surface area contributed by atoms with Gasteiger partial charge in [0.1, 0.15) is 30.8 Å². The highest BCUT2D eigenvalue weighted by atomic mass is 19.1. The summed E-state index contributed by atoms with van der Waals surface area (Å²) in [5.41, 5.74) is 2.49. The van der Waals surface area contributed by atoms with Crippen molar-refractivity contribution >= 4 is 17.7 Å². The number of aliphatic hydroxyl groups is 1. The Bertz CT molecular complexity index is 1200. The molecule has 1 aliphatic heterocycles. The lowest BCUT2D eigenvalue weighted by molar-refractivity contribution is -0.159. The summed E-state index contributed by atoms with van der Waals surface area (Å²) >= 11 is 0. The van der Waals surface area contributed by atoms with Gasteiger partial charge in [-0.25, -0.2) is 8.78 Å². The third kappa shape index (κ3) is 9.32. The maximum Gasteiger partial charge on any atom is 0.246 e. The van der Waals surface area contributed by atoms with Gasteiger partial charge in [-0.15, -0.1) is 0 Å². The predicted molar refractivity (Wildman–Crippen MR) is 157 cm³/mol. The summed E-state index contributed by atoms with van der Waals surface area (Å²) in [6.45, 7) is 8.31. The number of carbonyl (C=O) groups is 3. The van der Waals surface area contributed by atoms with Gasteiger partial charge in [0.25, 0.3) is 0 Å². The number of amides is 3. The summed E-state index contributed by atoms with van der Waals surface area (Å²) in [7, 11) is 0. The molecule has 1 heterocycles. The number of aliphatic hydroxyl groups excluding tert-OH is 1. The van der Waals surface area contributed by atoms with E-state index in [1.165, 1.54) is 10.5 Å². The average molecular weight is 587 g/mol. The lowest BCUT2D eigenvalue weighted by Crippen LogP contribution is -2.63. The van der Waals surface area contributed by atoms with Crippen LogP contribution in [-0.4, -0.2) is 77.0 Å². The summed E-state index contributed by atoms with van der Waals surface area (Å²) in [6, 6.07) is 9.54. The van der Waals surface area contributed by atoms with E-state index < -0.39 is 35.7 Å². The third-order valence-electron chi connectivity index (χ3n) is 7.54. The second-order valence-electron chi connectivity index (χ2n) is 11.4. The lowest BCUT2D eigenvalue weighted by Gasteiger charge is -2.42. The maximum absolute atomic E-state index is 13.9. The molecule has 0 aliphatic carbocycles. The first-order valence-electron chi connectivity index (χ1n) is 14.8. The molecule has 1 fully saturated rings. The van der Waals surface area contributed by atoms with Crippen LogP contribution >= 0.6 is 0 Å². The highest BCUT2D eigenvalue weighted by Crippen LogP contribution is 2.20. The van der Waals surface area contributed by atoms with E-state index >= 15 is 0 Å². The highest BCUT2D eigenvalue weighted by molar-refractivity contribution is 5.97. The summed E-state index contributed by atoms with van der Waals surface area (Å²) in [5.74, 6) is -2.73. The number of nitrogens with one attached hydrogen (secondary N) is 2. The van der Waals surface area contributed by atoms with Gasteiger partial charge in [0, 0.05) is 25.7 Å². The molecule has 3 rings (SSSR count). The van der Waals surface area contributed by atoms with Crippen molar-refractivity contribution in [3.8, 4) is 0 Å². The number of hydrogen-bond acceptors (Lipinski definition) is 5. The van der Waals surface area contributed by atoms with Crippen LogP contribution in [0, 0.1) is 17.6 Å². The Morgan fingerprint density at radius 2 is 1.74 bits per heavy atom. The average Bonchev–Trinajstić information content (AvgIpc) is 2.93. The first kappa shape index (κ1) is 33.1. The molecule has 230 valence electrons. The van der Waals surface area contributed by atoms with E-state index in [4.69, 9.17) is 0 Å². The quantitative estimate of drug-likeness (QED) is 0.298. The molecular formula is C32H44F2N4O4. The van der Waals surface area contributed by atoms with Gasteiger partial charge in [0.05, 0.1) is 12.1 Å². The smallest absolute Gasteiger partial charge is 0.246 e. The Kier molecular flexibility index (Phi) is 12.4. The number of hydrogen-bond donors (Lipinski definition) is 3. The SMILES string of the molecule is CCCCN1C(=O)CN(CC(=O)N[C@@H](Cc2cc(F)cc(F)c2)[C@@H](O)CNCc2cccc(CC)c2)C(=O)[C@H]1C(C)C. The molecular weight excluding hydrogens is 542 g/mol. The Hall–Kier alpha value is -3.37. The number of nitrogens with zero attached hydrogens (tertiary/aromatic N) is 2. The first-order chi connectivity index (χ1) is 20.0. The van der Waals surface area contributed by atoms with Gasteiger partial charge >= 0.3 is 0 Å². The van der Waals surface area contributed by atoms with E-state index in [1.807, 2.05) is 39.0 Å². The van der Waals surface area contributed by atoms with Crippen LogP contribution < -0.4 is 10.6 Å². The van der Waals surface area contributed by atoms with Crippen molar-refractivity contribution in [1.82, 2.24) is 20.4 Å². The zero-order chi connectivity index (χ0) is 30.8. The topological polar surface area (TPSA) is 102 Å². The predicted octanol–water partition coefficient (Wildman–Crippen LogP) is 3.20. The fraction of sp³-hybridized carbons (Fsp3) is 0.531. The minimum absolute atomic E-state index is 0.0408. The van der Waals surface area contributed by atoms with Crippen molar-refractivity contribution < 1.29 is 28.3 Å². The molecule has 3 amide bonds. The fourth-order valence-electron chi connectivity index (χ4n) is 5.34. The van der Waals surface area contributed by atoms with E-state index in [9.17, 15) is 28.3 Å². The van der Waals surface area contributed by atoms with Crippen LogP contribution in [-0.2, 0) is 33.8 Å². The van der Waals surface area contributed by atoms with Crippen LogP contribution in [0.1, 0.15) is 57.2 Å². The standard InChI is InChI=1S/C32H44F2N4O4/c1-5-7-11-38-30(41)20-37(32(42)31(38)21(3)4)19-29(40)36-27(15-24-13-25(33)16-26(34)14-24)28(39)18-35-17-23-10-8-9-22(6-2)12-23/h8-10,12-14,16,21,27-28,31,35,39H,5-7,11,15,17-20H2,1-4H3,(H,36,40)/t27-,28-,31+/m0/s1. The summed E-state index contributed by atoms with van der Waals surface area (Å²) in [6.07, 6.45) is 1.41. The second-order valence-corrected chi connectivity index (χ2v) is 11.4. The number of piperazine rings is 1. The zero-order valence-corrected chi connectivity index (χ0v) is 25.0. The highest BCUT2D eigenvalue weighted by Gasteiger charge is 2.41. The molecule has 0 saturated carbocycles. The minimum atomic E-state index is -1.11. The monoisotopic (exact) mass is 586 g/mol. The number of rotatable bonds is 15. The number of aryl methyl sites for hydroxylation is 1. The van der Waals surface area contributed by atoms with E-state index in [-0.39, 0.29) is 49.4 Å². The molecule has 42 heavy (non-hydrogen) atoms. The molecule has 0 radical (unpaired) electrons. The zero-order valence-electron chi connectivity index (χ0n) is 25.0. The van der Waals surface area contributed by atoms with Crippen LogP contribution in [0.2, 0.25) is 0 Å². The van der Waals surface area contributed by atoms with Gasteiger partial charge in [-0.3, -0.25) is 14.4 Å². The summed E-state index contributed by atoms with van der Waals surface area (Å²) in [5, 5.41) is 17.0. The number of halogens is 2. The van der Waals surface area contributed by atoms with Crippen molar-refractivity contribution in [1.29, 1.82) is 0 Å². The third-order valence-corrected chi connectivity index (χ3v) is 7.54. The van der Waals surface area contributed by atoms with Crippen LogP contribution in [0.5, 0.6) is 0 Å². The van der Waals surface area contributed by atoms with Crippen LogP contribution in [0.15, 0.2) is 42.5 Å². The molecule has 0 spiro atoms. The van der Waals surface area contributed by atoms with Gasteiger partial charge in [-0.05, 0) is 54.0 Å². The molecule has 1 saturated heterocycles. The lowest BCUT2D eigenvalue weighted by atomic mass is 9.97. The second kappa shape index (κ2) is 15.7. The molecule has 0 aromatic heterocycles. The normalized spacial score (nSPS) is 17.1. The summed E-state index contributed by atoms with van der Waals surface area (Å²) in [4.78, 5) is 42.3. The minimum Gasteiger partial charge on any atom is -0.390 e. The van der Waals surface area contributed by atoms with Crippen LogP contribution in [0.3, 0.4) is 0 Å². The van der Waals surface area contributed by atoms with Crippen molar-refractivity contribution in [2.45, 2.75) is 78.1 Å². The molecule has 0 unspecified atom stereocenters. The van der Waals surface area contributed by atoms with Gasteiger partial charge < -0.3 is 25.5 Å². The van der Waals surface area contributed by atoms with Crippen LogP contribution in [0.4, 0.5) is 8.78 Å².